The molecule has 5 heteroatoms. The lowest BCUT2D eigenvalue weighted by Crippen LogP contribution is -2.11. The van der Waals surface area contributed by atoms with Gasteiger partial charge in [0, 0.05) is 14.2 Å². The maximum atomic E-state index is 6.24. The van der Waals surface area contributed by atoms with Gasteiger partial charge >= 0.3 is 0 Å². The zero-order valence-electron chi connectivity index (χ0n) is 9.01. The van der Waals surface area contributed by atoms with Crippen LogP contribution in [0.1, 0.15) is 21.4 Å². The Morgan fingerprint density at radius 3 is 2.65 bits per heavy atom. The van der Waals surface area contributed by atoms with Gasteiger partial charge in [0.05, 0.1) is 16.1 Å². The van der Waals surface area contributed by atoms with E-state index < -0.39 is 0 Å². The number of benzene rings is 1. The normalized spacial score (nSPS) is 12.8. The molecule has 0 fully saturated rings. The zero-order chi connectivity index (χ0) is 12.6. The monoisotopic (exact) mass is 349 g/mol. The molecule has 0 aliphatic carbocycles. The van der Waals surface area contributed by atoms with Crippen molar-refractivity contribution in [1.29, 1.82) is 0 Å². The highest BCUT2D eigenvalue weighted by Crippen LogP contribution is 2.38. The average molecular weight is 351 g/mol. The molecule has 0 aliphatic heterocycles. The van der Waals surface area contributed by atoms with Gasteiger partial charge < -0.3 is 5.73 Å². The summed E-state index contributed by atoms with van der Waals surface area (Å²) < 4.78 is 1.02. The molecule has 2 rings (SSSR count). The molecule has 0 spiro atoms. The molecule has 17 heavy (non-hydrogen) atoms. The SMILES string of the molecule is Cc1cc(Br)c(C(N)c2cccc(Cl)c2Cl)s1. The summed E-state index contributed by atoms with van der Waals surface area (Å²) in [4.78, 5) is 2.27. The van der Waals surface area contributed by atoms with Crippen LogP contribution in [-0.4, -0.2) is 0 Å². The Morgan fingerprint density at radius 2 is 2.06 bits per heavy atom. The molecule has 1 atom stereocenters. The molecule has 1 nitrogen and oxygen atoms in total. The van der Waals surface area contributed by atoms with E-state index in [1.54, 1.807) is 17.4 Å². The van der Waals surface area contributed by atoms with Gasteiger partial charge in [0.15, 0.2) is 0 Å². The van der Waals surface area contributed by atoms with Crippen LogP contribution in [0.4, 0.5) is 0 Å². The summed E-state index contributed by atoms with van der Waals surface area (Å²) in [7, 11) is 0. The minimum absolute atomic E-state index is 0.255. The van der Waals surface area contributed by atoms with Crippen molar-refractivity contribution in [2.45, 2.75) is 13.0 Å². The average Bonchev–Trinajstić information content (AvgIpc) is 2.61. The van der Waals surface area contributed by atoms with Crippen molar-refractivity contribution in [2.75, 3.05) is 0 Å². The number of halogens is 3. The second-order valence-electron chi connectivity index (χ2n) is 3.69. The van der Waals surface area contributed by atoms with Crippen molar-refractivity contribution >= 4 is 50.5 Å². The molecule has 0 amide bonds. The van der Waals surface area contributed by atoms with Gasteiger partial charge in [0.25, 0.3) is 0 Å². The first-order valence-corrected chi connectivity index (χ1v) is 7.32. The molecule has 0 aliphatic rings. The Kier molecular flexibility index (Phi) is 4.16. The fourth-order valence-corrected chi connectivity index (χ4v) is 3.96. The van der Waals surface area contributed by atoms with Crippen LogP contribution in [0.2, 0.25) is 10.0 Å². The molecule has 0 saturated heterocycles. The largest absolute Gasteiger partial charge is 0.320 e. The first kappa shape index (κ1) is 13.4. The highest BCUT2D eigenvalue weighted by molar-refractivity contribution is 9.10. The van der Waals surface area contributed by atoms with Crippen LogP contribution in [0, 0.1) is 6.92 Å². The summed E-state index contributed by atoms with van der Waals surface area (Å²) in [6.45, 7) is 2.05. The Bertz CT molecular complexity index is 553. The Labute approximate surface area is 123 Å². The number of hydrogen-bond donors (Lipinski definition) is 1. The zero-order valence-corrected chi connectivity index (χ0v) is 12.9. The third-order valence-corrected chi connectivity index (χ3v) is 5.32. The van der Waals surface area contributed by atoms with E-state index >= 15 is 0 Å². The standard InChI is InChI=1S/C12H10BrCl2NS/c1-6-5-8(13)12(17-6)11(16)7-3-2-4-9(14)10(7)15/h2-5,11H,16H2,1H3. The summed E-state index contributed by atoms with van der Waals surface area (Å²) >= 11 is 17.3. The Morgan fingerprint density at radius 1 is 1.35 bits per heavy atom. The van der Waals surface area contributed by atoms with Gasteiger partial charge in [-0.1, -0.05) is 35.3 Å². The highest BCUT2D eigenvalue weighted by atomic mass is 79.9. The highest BCUT2D eigenvalue weighted by Gasteiger charge is 2.18. The van der Waals surface area contributed by atoms with Crippen LogP contribution in [-0.2, 0) is 0 Å². The van der Waals surface area contributed by atoms with Crippen LogP contribution < -0.4 is 5.73 Å². The van der Waals surface area contributed by atoms with Gasteiger partial charge in [0.1, 0.15) is 0 Å². The van der Waals surface area contributed by atoms with E-state index in [1.165, 1.54) is 4.88 Å². The third kappa shape index (κ3) is 2.69. The Hall–Kier alpha value is -0.0600. The lowest BCUT2D eigenvalue weighted by Gasteiger charge is -2.13. The second kappa shape index (κ2) is 5.29. The van der Waals surface area contributed by atoms with E-state index in [9.17, 15) is 0 Å². The molecule has 2 aromatic rings. The third-order valence-electron chi connectivity index (χ3n) is 2.44. The van der Waals surface area contributed by atoms with Gasteiger partial charge in [-0.05, 0) is 40.5 Å². The van der Waals surface area contributed by atoms with Crippen molar-refractivity contribution < 1.29 is 0 Å². The van der Waals surface area contributed by atoms with E-state index in [4.69, 9.17) is 28.9 Å². The van der Waals surface area contributed by atoms with Gasteiger partial charge in [-0.2, -0.15) is 0 Å². The lowest BCUT2D eigenvalue weighted by atomic mass is 10.1. The van der Waals surface area contributed by atoms with Crippen molar-refractivity contribution in [2.24, 2.45) is 5.73 Å². The van der Waals surface area contributed by atoms with E-state index in [0.717, 1.165) is 14.9 Å². The molecule has 1 heterocycles. The van der Waals surface area contributed by atoms with Crippen molar-refractivity contribution in [3.8, 4) is 0 Å². The van der Waals surface area contributed by atoms with E-state index in [-0.39, 0.29) is 6.04 Å². The number of rotatable bonds is 2. The van der Waals surface area contributed by atoms with Gasteiger partial charge in [0.2, 0.25) is 0 Å². The van der Waals surface area contributed by atoms with Crippen molar-refractivity contribution in [1.82, 2.24) is 0 Å². The Balaban J connectivity index is 2.47. The molecule has 0 radical (unpaired) electrons. The van der Waals surface area contributed by atoms with Crippen molar-refractivity contribution in [3.05, 3.63) is 54.1 Å². The first-order valence-electron chi connectivity index (χ1n) is 4.96. The van der Waals surface area contributed by atoms with Crippen LogP contribution in [0.15, 0.2) is 28.7 Å². The molecular formula is C12H10BrCl2NS. The smallest absolute Gasteiger partial charge is 0.0672 e. The second-order valence-corrected chi connectivity index (χ2v) is 6.62. The van der Waals surface area contributed by atoms with E-state index in [2.05, 4.69) is 22.0 Å². The summed E-state index contributed by atoms with van der Waals surface area (Å²) in [6, 6.07) is 7.32. The number of aryl methyl sites for hydroxylation is 1. The molecular weight excluding hydrogens is 341 g/mol. The fourth-order valence-electron chi connectivity index (χ4n) is 1.62. The quantitative estimate of drug-likeness (QED) is 0.793. The lowest BCUT2D eigenvalue weighted by molar-refractivity contribution is 0.889. The van der Waals surface area contributed by atoms with E-state index in [0.29, 0.717) is 10.0 Å². The summed E-state index contributed by atoms with van der Waals surface area (Å²) in [5, 5.41) is 1.06. The van der Waals surface area contributed by atoms with Gasteiger partial charge in [-0.15, -0.1) is 11.3 Å². The number of nitrogens with two attached hydrogens (primary N) is 1. The predicted octanol–water partition coefficient (Wildman–Crippen LogP) is 5.17. The maximum absolute atomic E-state index is 6.24. The summed E-state index contributed by atoms with van der Waals surface area (Å²) in [5.41, 5.74) is 7.09. The van der Waals surface area contributed by atoms with Gasteiger partial charge in [-0.25, -0.2) is 0 Å². The van der Waals surface area contributed by atoms with E-state index in [1.807, 2.05) is 19.1 Å². The van der Waals surface area contributed by atoms with Crippen LogP contribution in [0.25, 0.3) is 0 Å². The molecule has 1 aromatic carbocycles. The fraction of sp³-hybridized carbons (Fsp3) is 0.167. The minimum Gasteiger partial charge on any atom is -0.320 e. The first-order chi connectivity index (χ1) is 8.00. The van der Waals surface area contributed by atoms with Gasteiger partial charge in [-0.3, -0.25) is 0 Å². The summed E-state index contributed by atoms with van der Waals surface area (Å²) in [6.07, 6.45) is 0. The van der Waals surface area contributed by atoms with Crippen LogP contribution in [0.3, 0.4) is 0 Å². The summed E-state index contributed by atoms with van der Waals surface area (Å²) in [5.74, 6) is 0. The molecule has 1 aromatic heterocycles. The molecule has 90 valence electrons. The number of hydrogen-bond acceptors (Lipinski definition) is 2. The number of thiophene rings is 1. The van der Waals surface area contributed by atoms with Crippen LogP contribution in [0.5, 0.6) is 0 Å². The maximum Gasteiger partial charge on any atom is 0.0672 e. The predicted molar refractivity (Wildman–Crippen MR) is 79.2 cm³/mol. The van der Waals surface area contributed by atoms with Crippen LogP contribution >= 0.6 is 50.5 Å². The van der Waals surface area contributed by atoms with Crippen molar-refractivity contribution in [3.63, 3.8) is 0 Å². The molecule has 0 bridgehead atoms. The molecule has 1 unspecified atom stereocenters. The minimum atomic E-state index is -0.255. The molecule has 2 N–H and O–H groups in total. The molecule has 0 saturated carbocycles. The topological polar surface area (TPSA) is 26.0 Å².